The molecule has 0 saturated carbocycles. The topological polar surface area (TPSA) is 37.8 Å². The third-order valence-electron chi connectivity index (χ3n) is 3.61. The molecule has 21 heavy (non-hydrogen) atoms. The van der Waals surface area contributed by atoms with Crippen LogP contribution in [0.5, 0.6) is 0 Å². The minimum Gasteiger partial charge on any atom is -0.313 e. The highest BCUT2D eigenvalue weighted by Crippen LogP contribution is 2.25. The predicted octanol–water partition coefficient (Wildman–Crippen LogP) is 3.90. The molecule has 4 heteroatoms. The summed E-state index contributed by atoms with van der Waals surface area (Å²) in [5.41, 5.74) is 3.50. The number of hydrogen-bond donors (Lipinski definition) is 1. The molecular formula is C17H16BrN3. The highest BCUT2D eigenvalue weighted by atomic mass is 79.9. The molecule has 0 fully saturated rings. The van der Waals surface area contributed by atoms with Gasteiger partial charge in [0.15, 0.2) is 0 Å². The first-order valence-electron chi connectivity index (χ1n) is 6.88. The molecule has 0 aliphatic heterocycles. The molecule has 106 valence electrons. The Kier molecular flexibility index (Phi) is 4.27. The van der Waals surface area contributed by atoms with Gasteiger partial charge in [-0.25, -0.2) is 0 Å². The van der Waals surface area contributed by atoms with E-state index in [-0.39, 0.29) is 6.04 Å². The predicted molar refractivity (Wildman–Crippen MR) is 89.2 cm³/mol. The summed E-state index contributed by atoms with van der Waals surface area (Å²) in [5, 5.41) is 4.60. The van der Waals surface area contributed by atoms with Crippen LogP contribution in [0.1, 0.15) is 17.2 Å². The van der Waals surface area contributed by atoms with Crippen LogP contribution < -0.4 is 5.32 Å². The van der Waals surface area contributed by atoms with E-state index in [9.17, 15) is 0 Å². The van der Waals surface area contributed by atoms with Crippen LogP contribution in [-0.2, 0) is 6.42 Å². The van der Waals surface area contributed by atoms with Crippen molar-refractivity contribution >= 4 is 26.8 Å². The number of pyridine rings is 2. The van der Waals surface area contributed by atoms with Gasteiger partial charge in [0, 0.05) is 34.5 Å². The number of likely N-dealkylation sites (N-methyl/N-ethyl adjacent to an activating group) is 1. The van der Waals surface area contributed by atoms with E-state index in [1.807, 2.05) is 31.6 Å². The average Bonchev–Trinajstić information content (AvgIpc) is 2.52. The quantitative estimate of drug-likeness (QED) is 0.782. The zero-order valence-electron chi connectivity index (χ0n) is 11.8. The summed E-state index contributed by atoms with van der Waals surface area (Å²) < 4.78 is 1.01. The molecule has 0 amide bonds. The Balaban J connectivity index is 1.98. The Morgan fingerprint density at radius 3 is 2.86 bits per heavy atom. The second-order valence-electron chi connectivity index (χ2n) is 4.97. The number of fused-ring (bicyclic) bond motifs is 1. The first-order valence-corrected chi connectivity index (χ1v) is 7.67. The number of halogens is 1. The zero-order valence-corrected chi connectivity index (χ0v) is 13.3. The van der Waals surface area contributed by atoms with Crippen LogP contribution >= 0.6 is 15.9 Å². The van der Waals surface area contributed by atoms with Crippen LogP contribution in [-0.4, -0.2) is 17.0 Å². The largest absolute Gasteiger partial charge is 0.313 e. The minimum absolute atomic E-state index is 0.231. The summed E-state index contributed by atoms with van der Waals surface area (Å²) in [7, 11) is 1.99. The van der Waals surface area contributed by atoms with Gasteiger partial charge in [-0.1, -0.05) is 18.2 Å². The fourth-order valence-corrected chi connectivity index (χ4v) is 3.00. The standard InChI is InChI=1S/C17H16BrN3/c1-19-17(9-12-8-13(18)11-20-10-12)15-6-7-21-16-5-3-2-4-14(15)16/h2-8,10-11,17,19H,9H2,1H3. The molecule has 0 bridgehead atoms. The number of aromatic nitrogens is 2. The van der Waals surface area contributed by atoms with E-state index >= 15 is 0 Å². The Hall–Kier alpha value is -1.78. The summed E-state index contributed by atoms with van der Waals surface area (Å²) in [6, 6.07) is 12.7. The number of para-hydroxylation sites is 1. The Morgan fingerprint density at radius 1 is 1.19 bits per heavy atom. The molecule has 0 aliphatic carbocycles. The molecule has 0 radical (unpaired) electrons. The number of rotatable bonds is 4. The highest BCUT2D eigenvalue weighted by molar-refractivity contribution is 9.10. The van der Waals surface area contributed by atoms with Crippen molar-refractivity contribution in [1.82, 2.24) is 15.3 Å². The minimum atomic E-state index is 0.231. The van der Waals surface area contributed by atoms with E-state index in [0.29, 0.717) is 0 Å². The van der Waals surface area contributed by atoms with Crippen molar-refractivity contribution < 1.29 is 0 Å². The lowest BCUT2D eigenvalue weighted by molar-refractivity contribution is 0.594. The van der Waals surface area contributed by atoms with Crippen LogP contribution in [0.3, 0.4) is 0 Å². The molecular weight excluding hydrogens is 326 g/mol. The first kappa shape index (κ1) is 14.2. The van der Waals surface area contributed by atoms with Gasteiger partial charge < -0.3 is 5.32 Å². The van der Waals surface area contributed by atoms with Gasteiger partial charge in [-0.15, -0.1) is 0 Å². The molecule has 3 rings (SSSR count). The third kappa shape index (κ3) is 3.12. The van der Waals surface area contributed by atoms with Gasteiger partial charge in [-0.2, -0.15) is 0 Å². The Labute approximate surface area is 132 Å². The maximum atomic E-state index is 4.43. The van der Waals surface area contributed by atoms with Crippen molar-refractivity contribution in [3.63, 3.8) is 0 Å². The van der Waals surface area contributed by atoms with Crippen LogP contribution in [0, 0.1) is 0 Å². The van der Waals surface area contributed by atoms with E-state index in [1.54, 1.807) is 6.20 Å². The summed E-state index contributed by atoms with van der Waals surface area (Å²) in [4.78, 5) is 8.67. The molecule has 3 aromatic rings. The monoisotopic (exact) mass is 341 g/mol. The van der Waals surface area contributed by atoms with Gasteiger partial charge >= 0.3 is 0 Å². The van der Waals surface area contributed by atoms with E-state index in [0.717, 1.165) is 16.4 Å². The number of hydrogen-bond acceptors (Lipinski definition) is 3. The van der Waals surface area contributed by atoms with Gasteiger partial charge in [-0.05, 0) is 58.7 Å². The van der Waals surface area contributed by atoms with Crippen molar-refractivity contribution in [3.8, 4) is 0 Å². The fourth-order valence-electron chi connectivity index (χ4n) is 2.59. The van der Waals surface area contributed by atoms with Crippen molar-refractivity contribution in [2.45, 2.75) is 12.5 Å². The Bertz CT molecular complexity index is 752. The van der Waals surface area contributed by atoms with Crippen molar-refractivity contribution in [2.75, 3.05) is 7.05 Å². The SMILES string of the molecule is CNC(Cc1cncc(Br)c1)c1ccnc2ccccc12. The summed E-state index contributed by atoms with van der Waals surface area (Å²) in [5.74, 6) is 0. The van der Waals surface area contributed by atoms with Crippen LogP contribution in [0.15, 0.2) is 59.5 Å². The maximum Gasteiger partial charge on any atom is 0.0705 e. The second kappa shape index (κ2) is 6.33. The van der Waals surface area contributed by atoms with Gasteiger partial charge in [0.05, 0.1) is 5.52 Å². The highest BCUT2D eigenvalue weighted by Gasteiger charge is 2.13. The molecule has 0 spiro atoms. The maximum absolute atomic E-state index is 4.43. The fraction of sp³-hybridized carbons (Fsp3) is 0.176. The van der Waals surface area contributed by atoms with E-state index < -0.39 is 0 Å². The van der Waals surface area contributed by atoms with Crippen LogP contribution in [0.4, 0.5) is 0 Å². The molecule has 2 aromatic heterocycles. The molecule has 0 aliphatic rings. The summed E-state index contributed by atoms with van der Waals surface area (Å²) >= 11 is 3.48. The molecule has 1 aromatic carbocycles. The van der Waals surface area contributed by atoms with Crippen LogP contribution in [0.25, 0.3) is 10.9 Å². The van der Waals surface area contributed by atoms with Crippen molar-refractivity contribution in [2.24, 2.45) is 0 Å². The average molecular weight is 342 g/mol. The number of nitrogens with zero attached hydrogens (tertiary/aromatic N) is 2. The van der Waals surface area contributed by atoms with Gasteiger partial charge in [0.25, 0.3) is 0 Å². The zero-order chi connectivity index (χ0) is 14.7. The van der Waals surface area contributed by atoms with Crippen molar-refractivity contribution in [1.29, 1.82) is 0 Å². The van der Waals surface area contributed by atoms with Gasteiger partial charge in [0.2, 0.25) is 0 Å². The molecule has 1 N–H and O–H groups in total. The smallest absolute Gasteiger partial charge is 0.0705 e. The molecule has 3 nitrogen and oxygen atoms in total. The third-order valence-corrected chi connectivity index (χ3v) is 4.04. The Morgan fingerprint density at radius 2 is 2.05 bits per heavy atom. The lowest BCUT2D eigenvalue weighted by Crippen LogP contribution is -2.19. The molecule has 1 atom stereocenters. The normalized spacial score (nSPS) is 12.5. The molecule has 0 saturated heterocycles. The van der Waals surface area contributed by atoms with Crippen LogP contribution in [0.2, 0.25) is 0 Å². The van der Waals surface area contributed by atoms with E-state index in [4.69, 9.17) is 0 Å². The second-order valence-corrected chi connectivity index (χ2v) is 5.89. The van der Waals surface area contributed by atoms with Gasteiger partial charge in [0.1, 0.15) is 0 Å². The summed E-state index contributed by atoms with van der Waals surface area (Å²) in [6.45, 7) is 0. The molecule has 2 heterocycles. The van der Waals surface area contributed by atoms with Gasteiger partial charge in [-0.3, -0.25) is 9.97 Å². The van der Waals surface area contributed by atoms with E-state index in [2.05, 4.69) is 55.5 Å². The number of nitrogens with one attached hydrogen (secondary N) is 1. The van der Waals surface area contributed by atoms with E-state index in [1.165, 1.54) is 16.5 Å². The number of benzene rings is 1. The lowest BCUT2D eigenvalue weighted by atomic mass is 9.97. The summed E-state index contributed by atoms with van der Waals surface area (Å²) in [6.07, 6.45) is 6.48. The lowest BCUT2D eigenvalue weighted by Gasteiger charge is -2.18. The molecule has 1 unspecified atom stereocenters. The first-order chi connectivity index (χ1) is 10.3. The van der Waals surface area contributed by atoms with Crippen molar-refractivity contribution in [3.05, 3.63) is 70.6 Å².